The molecule has 0 fully saturated rings. The number of nitrogens with two attached hydrogens (primary N) is 1. The standard InChI is InChI=1S/C20H29N5O3/c1-12(2)10-13(11-16(21)26)19(27)23-17-20(28)25(5)15-9-7-6-8-14(15)18(22-17)24(3)4/h6-9,12-13,17H,10-11H2,1-5H3,(H2,21,26)(H,23,27). The number of likely N-dealkylation sites (N-methyl/N-ethyl adjacent to an activating group) is 1. The van der Waals surface area contributed by atoms with E-state index in [4.69, 9.17) is 5.73 Å². The Balaban J connectivity index is 2.36. The Hall–Kier alpha value is -2.90. The van der Waals surface area contributed by atoms with Crippen molar-refractivity contribution >= 4 is 29.2 Å². The molecular weight excluding hydrogens is 358 g/mol. The van der Waals surface area contributed by atoms with E-state index in [0.717, 1.165) is 5.56 Å². The van der Waals surface area contributed by atoms with Crippen molar-refractivity contribution in [2.75, 3.05) is 26.0 Å². The monoisotopic (exact) mass is 387 g/mol. The summed E-state index contributed by atoms with van der Waals surface area (Å²) in [5, 5.41) is 2.72. The maximum atomic E-state index is 13.0. The van der Waals surface area contributed by atoms with E-state index in [1.54, 1.807) is 11.9 Å². The van der Waals surface area contributed by atoms with E-state index >= 15 is 0 Å². The zero-order chi connectivity index (χ0) is 21.0. The van der Waals surface area contributed by atoms with E-state index in [1.165, 1.54) is 4.90 Å². The minimum absolute atomic E-state index is 0.0642. The van der Waals surface area contributed by atoms with Crippen LogP contribution in [0.3, 0.4) is 0 Å². The molecule has 0 bridgehead atoms. The molecule has 3 amide bonds. The van der Waals surface area contributed by atoms with Crippen LogP contribution in [0.25, 0.3) is 0 Å². The summed E-state index contributed by atoms with van der Waals surface area (Å²) in [6, 6.07) is 7.45. The molecule has 1 heterocycles. The number of primary amides is 1. The second-order valence-corrected chi connectivity index (χ2v) is 7.67. The fourth-order valence-corrected chi connectivity index (χ4v) is 3.30. The SMILES string of the molecule is CC(C)CC(CC(N)=O)C(=O)NC1N=C(N(C)C)c2ccccc2N(C)C1=O. The molecule has 1 aromatic rings. The summed E-state index contributed by atoms with van der Waals surface area (Å²) in [5.41, 5.74) is 6.82. The summed E-state index contributed by atoms with van der Waals surface area (Å²) < 4.78 is 0. The van der Waals surface area contributed by atoms with E-state index in [2.05, 4.69) is 10.3 Å². The van der Waals surface area contributed by atoms with Gasteiger partial charge < -0.3 is 20.9 Å². The van der Waals surface area contributed by atoms with E-state index in [-0.39, 0.29) is 18.2 Å². The van der Waals surface area contributed by atoms with Crippen LogP contribution in [0.4, 0.5) is 5.69 Å². The number of carbonyl (C=O) groups excluding carboxylic acids is 3. The van der Waals surface area contributed by atoms with Crippen molar-refractivity contribution in [1.82, 2.24) is 10.2 Å². The first-order valence-electron chi connectivity index (χ1n) is 9.32. The third-order valence-corrected chi connectivity index (χ3v) is 4.60. The molecule has 1 aliphatic rings. The quantitative estimate of drug-likeness (QED) is 0.757. The summed E-state index contributed by atoms with van der Waals surface area (Å²) in [7, 11) is 5.32. The van der Waals surface area contributed by atoms with E-state index in [9.17, 15) is 14.4 Å². The molecule has 2 unspecified atom stereocenters. The molecule has 1 aromatic carbocycles. The highest BCUT2D eigenvalue weighted by molar-refractivity contribution is 6.12. The van der Waals surface area contributed by atoms with Gasteiger partial charge in [0.1, 0.15) is 5.84 Å². The number of benzodiazepines with no additional fused rings is 1. The van der Waals surface area contributed by atoms with Gasteiger partial charge in [-0.05, 0) is 24.5 Å². The average molecular weight is 387 g/mol. The van der Waals surface area contributed by atoms with Crippen molar-refractivity contribution in [2.45, 2.75) is 32.9 Å². The van der Waals surface area contributed by atoms with Crippen molar-refractivity contribution in [2.24, 2.45) is 22.6 Å². The number of nitrogens with zero attached hydrogens (tertiary/aromatic N) is 3. The molecule has 2 atom stereocenters. The first-order chi connectivity index (χ1) is 13.1. The number of fused-ring (bicyclic) bond motifs is 1. The van der Waals surface area contributed by atoms with Crippen LogP contribution in [-0.2, 0) is 14.4 Å². The van der Waals surface area contributed by atoms with Crippen molar-refractivity contribution in [1.29, 1.82) is 0 Å². The first-order valence-corrected chi connectivity index (χ1v) is 9.32. The molecule has 0 saturated carbocycles. The van der Waals surface area contributed by atoms with Crippen LogP contribution >= 0.6 is 0 Å². The number of carbonyl (C=O) groups is 3. The molecule has 2 rings (SSSR count). The van der Waals surface area contributed by atoms with Crippen molar-refractivity contribution < 1.29 is 14.4 Å². The molecule has 0 saturated heterocycles. The third-order valence-electron chi connectivity index (χ3n) is 4.60. The van der Waals surface area contributed by atoms with Crippen molar-refractivity contribution in [3.63, 3.8) is 0 Å². The lowest BCUT2D eigenvalue weighted by molar-refractivity contribution is -0.132. The Morgan fingerprint density at radius 3 is 2.50 bits per heavy atom. The molecular formula is C20H29N5O3. The number of para-hydroxylation sites is 1. The molecule has 8 heteroatoms. The van der Waals surface area contributed by atoms with Crippen LogP contribution in [0.5, 0.6) is 0 Å². The Morgan fingerprint density at radius 1 is 1.29 bits per heavy atom. The minimum atomic E-state index is -1.08. The maximum absolute atomic E-state index is 13.0. The normalized spacial score (nSPS) is 17.5. The van der Waals surface area contributed by atoms with E-state index in [0.29, 0.717) is 17.9 Å². The van der Waals surface area contributed by atoms with Gasteiger partial charge in [-0.15, -0.1) is 0 Å². The summed E-state index contributed by atoms with van der Waals surface area (Å²) in [6.07, 6.45) is -0.647. The second kappa shape index (κ2) is 8.86. The Bertz CT molecular complexity index is 788. The number of hydrogen-bond donors (Lipinski definition) is 2. The van der Waals surface area contributed by atoms with Crippen molar-refractivity contribution in [3.8, 4) is 0 Å². The fraction of sp³-hybridized carbons (Fsp3) is 0.500. The third kappa shape index (κ3) is 4.88. The molecule has 0 aliphatic carbocycles. The van der Waals surface area contributed by atoms with Gasteiger partial charge in [0.25, 0.3) is 5.91 Å². The zero-order valence-corrected chi connectivity index (χ0v) is 17.1. The highest BCUT2D eigenvalue weighted by atomic mass is 16.2. The molecule has 0 aromatic heterocycles. The number of hydrogen-bond acceptors (Lipinski definition) is 5. The summed E-state index contributed by atoms with van der Waals surface area (Å²) in [6.45, 7) is 3.93. The zero-order valence-electron chi connectivity index (χ0n) is 17.1. The number of amides is 3. The topological polar surface area (TPSA) is 108 Å². The summed E-state index contributed by atoms with van der Waals surface area (Å²) >= 11 is 0. The van der Waals surface area contributed by atoms with Crippen LogP contribution in [-0.4, -0.2) is 55.8 Å². The number of benzene rings is 1. The summed E-state index contributed by atoms with van der Waals surface area (Å²) in [4.78, 5) is 45.0. The fourth-order valence-electron chi connectivity index (χ4n) is 3.30. The second-order valence-electron chi connectivity index (χ2n) is 7.67. The Kier molecular flexibility index (Phi) is 6.77. The van der Waals surface area contributed by atoms with Gasteiger partial charge in [-0.25, -0.2) is 4.99 Å². The number of rotatable bonds is 6. The Morgan fingerprint density at radius 2 is 1.93 bits per heavy atom. The Labute approximate surface area is 165 Å². The largest absolute Gasteiger partial charge is 0.370 e. The number of aliphatic imine (C=N–C) groups is 1. The van der Waals surface area contributed by atoms with Crippen LogP contribution in [0.2, 0.25) is 0 Å². The van der Waals surface area contributed by atoms with E-state index in [1.807, 2.05) is 52.2 Å². The van der Waals surface area contributed by atoms with Crippen LogP contribution < -0.4 is 16.0 Å². The molecule has 0 spiro atoms. The summed E-state index contributed by atoms with van der Waals surface area (Å²) in [5.74, 6) is -1.09. The van der Waals surface area contributed by atoms with Gasteiger partial charge in [0.15, 0.2) is 0 Å². The van der Waals surface area contributed by atoms with Crippen LogP contribution in [0, 0.1) is 11.8 Å². The smallest absolute Gasteiger partial charge is 0.272 e. The lowest BCUT2D eigenvalue weighted by Gasteiger charge is -2.23. The predicted molar refractivity (Wildman–Crippen MR) is 109 cm³/mol. The molecule has 0 radical (unpaired) electrons. The van der Waals surface area contributed by atoms with Gasteiger partial charge in [-0.1, -0.05) is 26.0 Å². The van der Waals surface area contributed by atoms with Gasteiger partial charge in [0.2, 0.25) is 18.0 Å². The van der Waals surface area contributed by atoms with Crippen molar-refractivity contribution in [3.05, 3.63) is 29.8 Å². The number of nitrogens with one attached hydrogen (secondary N) is 1. The number of amidine groups is 1. The molecule has 8 nitrogen and oxygen atoms in total. The highest BCUT2D eigenvalue weighted by Gasteiger charge is 2.33. The van der Waals surface area contributed by atoms with E-state index < -0.39 is 23.9 Å². The minimum Gasteiger partial charge on any atom is -0.370 e. The van der Waals surface area contributed by atoms with Crippen LogP contribution in [0.1, 0.15) is 32.3 Å². The first kappa shape index (κ1) is 21.4. The molecule has 3 N–H and O–H groups in total. The van der Waals surface area contributed by atoms with Gasteiger partial charge >= 0.3 is 0 Å². The lowest BCUT2D eigenvalue weighted by Crippen LogP contribution is -2.48. The molecule has 28 heavy (non-hydrogen) atoms. The highest BCUT2D eigenvalue weighted by Crippen LogP contribution is 2.25. The van der Waals surface area contributed by atoms with Gasteiger partial charge in [-0.3, -0.25) is 14.4 Å². The molecule has 1 aliphatic heterocycles. The maximum Gasteiger partial charge on any atom is 0.272 e. The van der Waals surface area contributed by atoms with Crippen LogP contribution in [0.15, 0.2) is 29.3 Å². The molecule has 152 valence electrons. The van der Waals surface area contributed by atoms with Gasteiger partial charge in [0.05, 0.1) is 5.69 Å². The van der Waals surface area contributed by atoms with Gasteiger partial charge in [-0.2, -0.15) is 0 Å². The lowest BCUT2D eigenvalue weighted by atomic mass is 9.93. The predicted octanol–water partition coefficient (Wildman–Crippen LogP) is 0.951. The average Bonchev–Trinajstić information content (AvgIpc) is 2.71. The van der Waals surface area contributed by atoms with Gasteiger partial charge in [0, 0.05) is 39.0 Å². The number of anilines is 1.